The second-order valence-corrected chi connectivity index (χ2v) is 5.88. The van der Waals surface area contributed by atoms with E-state index in [1.807, 2.05) is 26.0 Å². The minimum atomic E-state index is -1.35. The van der Waals surface area contributed by atoms with Gasteiger partial charge in [0.1, 0.15) is 0 Å². The molecule has 0 aliphatic carbocycles. The van der Waals surface area contributed by atoms with Crippen LogP contribution in [0.4, 0.5) is 0 Å². The summed E-state index contributed by atoms with van der Waals surface area (Å²) in [7, 11) is 1.42. The predicted octanol–water partition coefficient (Wildman–Crippen LogP) is 2.52. The number of thiol groups is 1. The lowest BCUT2D eigenvalue weighted by Crippen LogP contribution is -2.07. The van der Waals surface area contributed by atoms with E-state index in [0.29, 0.717) is 4.90 Å². The topological polar surface area (TPSA) is 26.3 Å². The van der Waals surface area contributed by atoms with Crippen molar-refractivity contribution in [2.24, 2.45) is 0 Å². The van der Waals surface area contributed by atoms with Gasteiger partial charge in [-0.15, -0.1) is 0 Å². The summed E-state index contributed by atoms with van der Waals surface area (Å²) in [6.07, 6.45) is 0. The molecule has 0 spiro atoms. The van der Waals surface area contributed by atoms with Gasteiger partial charge in [0, 0.05) is 4.75 Å². The highest BCUT2D eigenvalue weighted by molar-refractivity contribution is 7.81. The third-order valence-corrected chi connectivity index (χ3v) is 3.12. The van der Waals surface area contributed by atoms with E-state index in [4.69, 9.17) is 4.18 Å². The first-order chi connectivity index (χ1) is 6.45. The van der Waals surface area contributed by atoms with Crippen LogP contribution in [0.2, 0.25) is 0 Å². The van der Waals surface area contributed by atoms with Crippen molar-refractivity contribution in [3.8, 4) is 0 Å². The molecule has 1 unspecified atom stereocenters. The lowest BCUT2D eigenvalue weighted by molar-refractivity contribution is 0.445. The van der Waals surface area contributed by atoms with Crippen molar-refractivity contribution in [2.45, 2.75) is 23.5 Å². The molecule has 0 aromatic heterocycles. The molecule has 0 aliphatic rings. The molecule has 0 bridgehead atoms. The van der Waals surface area contributed by atoms with Gasteiger partial charge in [0.2, 0.25) is 0 Å². The fourth-order valence-corrected chi connectivity index (χ4v) is 1.77. The molecule has 0 saturated carbocycles. The number of hydrogen-bond acceptors (Lipinski definition) is 3. The first kappa shape index (κ1) is 11.8. The Morgan fingerprint density at radius 1 is 1.29 bits per heavy atom. The smallest absolute Gasteiger partial charge is 0.188 e. The normalized spacial score (nSPS) is 14.0. The molecule has 1 aromatic rings. The number of hydrogen-bond donors (Lipinski definition) is 1. The van der Waals surface area contributed by atoms with Crippen LogP contribution in [0.1, 0.15) is 19.4 Å². The third kappa shape index (κ3) is 2.83. The van der Waals surface area contributed by atoms with Crippen molar-refractivity contribution in [3.05, 3.63) is 29.8 Å². The summed E-state index contributed by atoms with van der Waals surface area (Å²) >= 11 is 3.10. The largest absolute Gasteiger partial charge is 0.290 e. The van der Waals surface area contributed by atoms with Crippen LogP contribution in [-0.4, -0.2) is 11.3 Å². The SMILES string of the molecule is COS(=O)c1ccc(C(C)(C)S)cc1. The standard InChI is InChI=1S/C10H14O2S2/c1-10(2,13)8-4-6-9(7-5-8)14(11)12-3/h4-7,13H,1-3H3. The average molecular weight is 230 g/mol. The van der Waals surface area contributed by atoms with Crippen LogP contribution in [0, 0.1) is 0 Å². The maximum atomic E-state index is 11.2. The Morgan fingerprint density at radius 2 is 1.79 bits per heavy atom. The second kappa shape index (κ2) is 4.47. The Bertz CT molecular complexity index is 325. The monoisotopic (exact) mass is 230 g/mol. The summed E-state index contributed by atoms with van der Waals surface area (Å²) in [6, 6.07) is 7.43. The molecule has 14 heavy (non-hydrogen) atoms. The predicted molar refractivity (Wildman–Crippen MR) is 61.9 cm³/mol. The zero-order valence-corrected chi connectivity index (χ0v) is 10.2. The maximum Gasteiger partial charge on any atom is 0.188 e. The Labute approximate surface area is 92.7 Å². The van der Waals surface area contributed by atoms with Crippen molar-refractivity contribution >= 4 is 23.7 Å². The van der Waals surface area contributed by atoms with Crippen molar-refractivity contribution in [1.82, 2.24) is 0 Å². The Morgan fingerprint density at radius 3 is 2.14 bits per heavy atom. The fourth-order valence-electron chi connectivity index (χ4n) is 1.07. The zero-order valence-electron chi connectivity index (χ0n) is 8.48. The highest BCUT2D eigenvalue weighted by atomic mass is 32.2. The molecule has 0 heterocycles. The van der Waals surface area contributed by atoms with E-state index in [1.54, 1.807) is 12.1 Å². The van der Waals surface area contributed by atoms with E-state index in [9.17, 15) is 4.21 Å². The van der Waals surface area contributed by atoms with E-state index in [0.717, 1.165) is 5.56 Å². The molecule has 1 atom stereocenters. The molecule has 0 saturated heterocycles. The minimum absolute atomic E-state index is 0.174. The van der Waals surface area contributed by atoms with Gasteiger partial charge >= 0.3 is 0 Å². The molecule has 1 rings (SSSR count). The summed E-state index contributed by atoms with van der Waals surface area (Å²) in [4.78, 5) is 0.675. The van der Waals surface area contributed by atoms with Crippen molar-refractivity contribution < 1.29 is 8.39 Å². The van der Waals surface area contributed by atoms with Crippen LogP contribution in [-0.2, 0) is 20.0 Å². The van der Waals surface area contributed by atoms with Gasteiger partial charge < -0.3 is 0 Å². The van der Waals surface area contributed by atoms with Crippen LogP contribution in [0.25, 0.3) is 0 Å². The number of benzene rings is 1. The van der Waals surface area contributed by atoms with E-state index in [1.165, 1.54) is 7.11 Å². The lowest BCUT2D eigenvalue weighted by atomic mass is 10.0. The van der Waals surface area contributed by atoms with Gasteiger partial charge in [0.05, 0.1) is 12.0 Å². The Hall–Kier alpha value is -0.320. The molecule has 0 amide bonds. The number of rotatable bonds is 3. The summed E-state index contributed by atoms with van der Waals surface area (Å²) in [5.74, 6) is 0. The summed E-state index contributed by atoms with van der Waals surface area (Å²) < 4.78 is 15.8. The lowest BCUT2D eigenvalue weighted by Gasteiger charge is -2.17. The van der Waals surface area contributed by atoms with Crippen LogP contribution in [0.5, 0.6) is 0 Å². The van der Waals surface area contributed by atoms with Crippen LogP contribution < -0.4 is 0 Å². The summed E-state index contributed by atoms with van der Waals surface area (Å²) in [5.41, 5.74) is 1.10. The molecule has 0 fully saturated rings. The maximum absolute atomic E-state index is 11.2. The fraction of sp³-hybridized carbons (Fsp3) is 0.400. The molecular formula is C10H14O2S2. The molecule has 2 nitrogen and oxygen atoms in total. The minimum Gasteiger partial charge on any atom is -0.290 e. The van der Waals surface area contributed by atoms with Gasteiger partial charge in [0.25, 0.3) is 0 Å². The first-order valence-electron chi connectivity index (χ1n) is 4.24. The van der Waals surface area contributed by atoms with E-state index in [-0.39, 0.29) is 4.75 Å². The first-order valence-corrected chi connectivity index (χ1v) is 5.76. The van der Waals surface area contributed by atoms with Crippen molar-refractivity contribution in [3.63, 3.8) is 0 Å². The van der Waals surface area contributed by atoms with Crippen molar-refractivity contribution in [1.29, 1.82) is 0 Å². The van der Waals surface area contributed by atoms with Crippen LogP contribution in [0.3, 0.4) is 0 Å². The molecule has 78 valence electrons. The van der Waals surface area contributed by atoms with E-state index in [2.05, 4.69) is 12.6 Å². The average Bonchev–Trinajstić information content (AvgIpc) is 2.15. The summed E-state index contributed by atoms with van der Waals surface area (Å²) in [5, 5.41) is 0. The molecular weight excluding hydrogens is 216 g/mol. The molecule has 4 heteroatoms. The third-order valence-electron chi connectivity index (χ3n) is 1.90. The Balaban J connectivity index is 2.95. The van der Waals surface area contributed by atoms with Crippen LogP contribution >= 0.6 is 12.6 Å². The van der Waals surface area contributed by atoms with Gasteiger partial charge in [-0.3, -0.25) is 4.18 Å². The zero-order chi connectivity index (χ0) is 10.8. The highest BCUT2D eigenvalue weighted by Crippen LogP contribution is 2.27. The summed E-state index contributed by atoms with van der Waals surface area (Å²) in [6.45, 7) is 4.02. The van der Waals surface area contributed by atoms with Crippen LogP contribution in [0.15, 0.2) is 29.2 Å². The highest BCUT2D eigenvalue weighted by Gasteiger charge is 2.14. The molecule has 1 aromatic carbocycles. The van der Waals surface area contributed by atoms with Gasteiger partial charge in [-0.05, 0) is 31.5 Å². The van der Waals surface area contributed by atoms with Gasteiger partial charge in [-0.25, -0.2) is 4.21 Å². The van der Waals surface area contributed by atoms with Gasteiger partial charge in [-0.2, -0.15) is 12.6 Å². The quantitative estimate of drug-likeness (QED) is 0.808. The Kier molecular flexibility index (Phi) is 3.75. The van der Waals surface area contributed by atoms with E-state index < -0.39 is 11.1 Å². The molecule has 0 aliphatic heterocycles. The van der Waals surface area contributed by atoms with Gasteiger partial charge in [0.15, 0.2) is 11.1 Å². The van der Waals surface area contributed by atoms with E-state index >= 15 is 0 Å². The van der Waals surface area contributed by atoms with Gasteiger partial charge in [-0.1, -0.05) is 12.1 Å². The second-order valence-electron chi connectivity index (χ2n) is 3.48. The molecule has 0 N–H and O–H groups in total. The van der Waals surface area contributed by atoms with Crippen molar-refractivity contribution in [2.75, 3.05) is 7.11 Å². The molecule has 0 radical (unpaired) electrons.